The van der Waals surface area contributed by atoms with E-state index in [-0.39, 0.29) is 19.1 Å². The first-order chi connectivity index (χ1) is 8.76. The number of hydrogen-bond acceptors (Lipinski definition) is 3. The molecule has 4 nitrogen and oxygen atoms in total. The third kappa shape index (κ3) is 5.50. The minimum atomic E-state index is -0.471. The van der Waals surface area contributed by atoms with Crippen molar-refractivity contribution in [3.63, 3.8) is 0 Å². The molecule has 1 unspecified atom stereocenters. The van der Waals surface area contributed by atoms with Gasteiger partial charge in [0.15, 0.2) is 0 Å². The van der Waals surface area contributed by atoms with Gasteiger partial charge in [0.25, 0.3) is 0 Å². The summed E-state index contributed by atoms with van der Waals surface area (Å²) in [5.74, 6) is -0.00762. The number of aliphatic hydroxyl groups excluding tert-OH is 1. The van der Waals surface area contributed by atoms with Gasteiger partial charge in [0.2, 0.25) is 0 Å². The second kappa shape index (κ2) is 8.31. The number of allylic oxidation sites excluding steroid dienone is 1. The summed E-state index contributed by atoms with van der Waals surface area (Å²) in [6, 6.07) is 9.47. The van der Waals surface area contributed by atoms with Gasteiger partial charge in [-0.1, -0.05) is 36.4 Å². The topological polar surface area (TPSA) is 58.6 Å². The predicted octanol–water partition coefficient (Wildman–Crippen LogP) is 2.10. The molecule has 0 aromatic heterocycles. The molecular formula is C14H19NO3. The molecule has 98 valence electrons. The SMILES string of the molecule is C=CCC(CO)CNC(=O)OCc1ccccc1. The van der Waals surface area contributed by atoms with Crippen molar-refractivity contribution in [3.05, 3.63) is 48.6 Å². The number of carbonyl (C=O) groups is 1. The Morgan fingerprint density at radius 3 is 2.78 bits per heavy atom. The summed E-state index contributed by atoms with van der Waals surface area (Å²) in [6.45, 7) is 4.25. The van der Waals surface area contributed by atoms with E-state index in [2.05, 4.69) is 11.9 Å². The highest BCUT2D eigenvalue weighted by atomic mass is 16.5. The number of hydrogen-bond donors (Lipinski definition) is 2. The summed E-state index contributed by atoms with van der Waals surface area (Å²) in [5, 5.41) is 11.7. The van der Waals surface area contributed by atoms with E-state index in [1.807, 2.05) is 30.3 Å². The fourth-order valence-corrected chi connectivity index (χ4v) is 1.46. The van der Waals surface area contributed by atoms with E-state index in [4.69, 9.17) is 9.84 Å². The van der Waals surface area contributed by atoms with Gasteiger partial charge in [0, 0.05) is 19.1 Å². The van der Waals surface area contributed by atoms with Crippen LogP contribution in [-0.2, 0) is 11.3 Å². The molecule has 0 aliphatic heterocycles. The van der Waals surface area contributed by atoms with Crippen LogP contribution in [0.5, 0.6) is 0 Å². The summed E-state index contributed by atoms with van der Waals surface area (Å²) in [5.41, 5.74) is 0.942. The normalized spacial score (nSPS) is 11.6. The third-order valence-corrected chi connectivity index (χ3v) is 2.51. The van der Waals surface area contributed by atoms with Crippen molar-refractivity contribution in [2.24, 2.45) is 5.92 Å². The zero-order valence-electron chi connectivity index (χ0n) is 10.3. The molecular weight excluding hydrogens is 230 g/mol. The van der Waals surface area contributed by atoms with Crippen LogP contribution in [0.2, 0.25) is 0 Å². The second-order valence-electron chi connectivity index (χ2n) is 4.02. The Labute approximate surface area is 107 Å². The minimum Gasteiger partial charge on any atom is -0.445 e. The van der Waals surface area contributed by atoms with E-state index in [0.717, 1.165) is 5.56 Å². The van der Waals surface area contributed by atoms with Crippen molar-refractivity contribution in [3.8, 4) is 0 Å². The van der Waals surface area contributed by atoms with E-state index in [1.54, 1.807) is 6.08 Å². The van der Waals surface area contributed by atoms with Gasteiger partial charge in [0.1, 0.15) is 6.61 Å². The van der Waals surface area contributed by atoms with Crippen LogP contribution in [0, 0.1) is 5.92 Å². The van der Waals surface area contributed by atoms with Gasteiger partial charge in [-0.2, -0.15) is 0 Å². The van der Waals surface area contributed by atoms with Gasteiger partial charge in [-0.15, -0.1) is 6.58 Å². The summed E-state index contributed by atoms with van der Waals surface area (Å²) >= 11 is 0. The molecule has 2 N–H and O–H groups in total. The maximum absolute atomic E-state index is 11.4. The van der Waals surface area contributed by atoms with Gasteiger partial charge in [0.05, 0.1) is 0 Å². The van der Waals surface area contributed by atoms with E-state index in [1.165, 1.54) is 0 Å². The number of amides is 1. The van der Waals surface area contributed by atoms with Gasteiger partial charge in [-0.25, -0.2) is 4.79 Å². The Balaban J connectivity index is 2.23. The molecule has 18 heavy (non-hydrogen) atoms. The zero-order valence-corrected chi connectivity index (χ0v) is 10.3. The summed E-state index contributed by atoms with van der Waals surface area (Å²) in [7, 11) is 0. The molecule has 1 aromatic carbocycles. The smallest absolute Gasteiger partial charge is 0.407 e. The fraction of sp³-hybridized carbons (Fsp3) is 0.357. The van der Waals surface area contributed by atoms with Gasteiger partial charge >= 0.3 is 6.09 Å². The van der Waals surface area contributed by atoms with Crippen molar-refractivity contribution < 1.29 is 14.6 Å². The third-order valence-electron chi connectivity index (χ3n) is 2.51. The highest BCUT2D eigenvalue weighted by molar-refractivity contribution is 5.67. The average Bonchev–Trinajstić information content (AvgIpc) is 2.42. The van der Waals surface area contributed by atoms with Crippen molar-refractivity contribution in [1.82, 2.24) is 5.32 Å². The highest BCUT2D eigenvalue weighted by Gasteiger charge is 2.08. The Morgan fingerprint density at radius 1 is 1.44 bits per heavy atom. The highest BCUT2D eigenvalue weighted by Crippen LogP contribution is 2.02. The average molecular weight is 249 g/mol. The second-order valence-corrected chi connectivity index (χ2v) is 4.02. The number of carbonyl (C=O) groups excluding carboxylic acids is 1. The van der Waals surface area contributed by atoms with Crippen LogP contribution in [0.4, 0.5) is 4.79 Å². The molecule has 0 fully saturated rings. The molecule has 0 saturated carbocycles. The molecule has 0 bridgehead atoms. The Bertz CT molecular complexity index is 365. The maximum atomic E-state index is 11.4. The van der Waals surface area contributed by atoms with Gasteiger partial charge < -0.3 is 15.2 Å². The van der Waals surface area contributed by atoms with Crippen LogP contribution >= 0.6 is 0 Å². The Hall–Kier alpha value is -1.81. The molecule has 0 saturated heterocycles. The number of ether oxygens (including phenoxy) is 1. The van der Waals surface area contributed by atoms with Crippen molar-refractivity contribution in [1.29, 1.82) is 0 Å². The zero-order chi connectivity index (χ0) is 13.2. The lowest BCUT2D eigenvalue weighted by atomic mass is 10.1. The maximum Gasteiger partial charge on any atom is 0.407 e. The number of aliphatic hydroxyl groups is 1. The van der Waals surface area contributed by atoms with Gasteiger partial charge in [-0.05, 0) is 12.0 Å². The monoisotopic (exact) mass is 249 g/mol. The van der Waals surface area contributed by atoms with Crippen molar-refractivity contribution in [2.45, 2.75) is 13.0 Å². The Morgan fingerprint density at radius 2 is 2.17 bits per heavy atom. The first-order valence-electron chi connectivity index (χ1n) is 5.92. The molecule has 0 aliphatic rings. The van der Waals surface area contributed by atoms with Crippen LogP contribution in [0.15, 0.2) is 43.0 Å². The van der Waals surface area contributed by atoms with Crippen molar-refractivity contribution >= 4 is 6.09 Å². The van der Waals surface area contributed by atoms with Crippen molar-refractivity contribution in [2.75, 3.05) is 13.2 Å². The molecule has 1 aromatic rings. The molecule has 1 rings (SSSR count). The largest absolute Gasteiger partial charge is 0.445 e. The summed E-state index contributed by atoms with van der Waals surface area (Å²) in [4.78, 5) is 11.4. The van der Waals surface area contributed by atoms with Crippen LogP contribution in [0.1, 0.15) is 12.0 Å². The van der Waals surface area contributed by atoms with Crippen LogP contribution < -0.4 is 5.32 Å². The minimum absolute atomic E-state index is 0.00762. The molecule has 0 spiro atoms. The summed E-state index contributed by atoms with van der Waals surface area (Å²) < 4.78 is 5.04. The van der Waals surface area contributed by atoms with E-state index < -0.39 is 6.09 Å². The molecule has 4 heteroatoms. The molecule has 1 atom stereocenters. The number of benzene rings is 1. The summed E-state index contributed by atoms with van der Waals surface area (Å²) in [6.07, 6.45) is 1.91. The standard InChI is InChI=1S/C14H19NO3/c1-2-6-13(10-16)9-15-14(17)18-11-12-7-4-3-5-8-12/h2-5,7-8,13,16H,1,6,9-11H2,(H,15,17). The Kier molecular flexibility index (Phi) is 6.58. The van der Waals surface area contributed by atoms with E-state index >= 15 is 0 Å². The lowest BCUT2D eigenvalue weighted by molar-refractivity contribution is 0.135. The molecule has 0 heterocycles. The number of nitrogens with one attached hydrogen (secondary N) is 1. The van der Waals surface area contributed by atoms with Crippen LogP contribution in [-0.4, -0.2) is 24.4 Å². The fourth-order valence-electron chi connectivity index (χ4n) is 1.46. The van der Waals surface area contributed by atoms with Crippen LogP contribution in [0.25, 0.3) is 0 Å². The first kappa shape index (κ1) is 14.3. The quantitative estimate of drug-likeness (QED) is 0.727. The van der Waals surface area contributed by atoms with E-state index in [0.29, 0.717) is 13.0 Å². The van der Waals surface area contributed by atoms with E-state index in [9.17, 15) is 4.79 Å². The number of alkyl carbamates (subject to hydrolysis) is 1. The lowest BCUT2D eigenvalue weighted by Gasteiger charge is -2.13. The first-order valence-corrected chi connectivity index (χ1v) is 5.92. The number of rotatable bonds is 7. The molecule has 1 amide bonds. The van der Waals surface area contributed by atoms with Gasteiger partial charge in [-0.3, -0.25) is 0 Å². The van der Waals surface area contributed by atoms with Crippen LogP contribution in [0.3, 0.4) is 0 Å². The molecule has 0 radical (unpaired) electrons. The lowest BCUT2D eigenvalue weighted by Crippen LogP contribution is -2.31. The predicted molar refractivity (Wildman–Crippen MR) is 70.0 cm³/mol. The molecule has 0 aliphatic carbocycles.